The minimum absolute atomic E-state index is 0.119. The maximum Gasteiger partial charge on any atom is 0.230 e. The number of aryl methyl sites for hydroxylation is 1. The molecule has 0 saturated carbocycles. The van der Waals surface area contributed by atoms with Crippen LogP contribution in [0.25, 0.3) is 0 Å². The Balaban J connectivity index is 2.10. The second-order valence-electron chi connectivity index (χ2n) is 4.72. The fraction of sp³-hybridized carbons (Fsp3) is 0.333. The van der Waals surface area contributed by atoms with Crippen molar-refractivity contribution >= 4 is 11.7 Å². The summed E-state index contributed by atoms with van der Waals surface area (Å²) in [5.41, 5.74) is 3.09. The average Bonchev–Trinajstić information content (AvgIpc) is 2.80. The molecule has 0 unspecified atom stereocenters. The SMILES string of the molecule is COc1ccc(CC(=O)Nc2cc(C)on2)c(C)c1C. The van der Waals surface area contributed by atoms with Crippen LogP contribution in [0, 0.1) is 20.8 Å². The van der Waals surface area contributed by atoms with Gasteiger partial charge in [0, 0.05) is 6.07 Å². The van der Waals surface area contributed by atoms with Crippen LogP contribution in [-0.2, 0) is 11.2 Å². The number of nitrogens with one attached hydrogen (secondary N) is 1. The average molecular weight is 274 g/mol. The quantitative estimate of drug-likeness (QED) is 0.931. The van der Waals surface area contributed by atoms with E-state index in [9.17, 15) is 4.79 Å². The summed E-state index contributed by atoms with van der Waals surface area (Å²) in [5.74, 6) is 1.82. The minimum Gasteiger partial charge on any atom is -0.496 e. The third kappa shape index (κ3) is 2.99. The summed E-state index contributed by atoms with van der Waals surface area (Å²) in [4.78, 5) is 12.0. The molecule has 0 aliphatic heterocycles. The number of carbonyl (C=O) groups is 1. The predicted octanol–water partition coefficient (Wildman–Crippen LogP) is 2.79. The molecule has 5 heteroatoms. The van der Waals surface area contributed by atoms with E-state index in [2.05, 4.69) is 10.5 Å². The Hall–Kier alpha value is -2.30. The van der Waals surface area contributed by atoms with E-state index in [1.54, 1.807) is 20.1 Å². The summed E-state index contributed by atoms with van der Waals surface area (Å²) in [5, 5.41) is 6.45. The Morgan fingerprint density at radius 3 is 2.65 bits per heavy atom. The number of hydrogen-bond donors (Lipinski definition) is 1. The molecule has 1 heterocycles. The van der Waals surface area contributed by atoms with Crippen LogP contribution in [0.15, 0.2) is 22.7 Å². The third-order valence-electron chi connectivity index (χ3n) is 3.32. The van der Waals surface area contributed by atoms with Gasteiger partial charge in [0.25, 0.3) is 0 Å². The highest BCUT2D eigenvalue weighted by Gasteiger charge is 2.11. The van der Waals surface area contributed by atoms with Gasteiger partial charge in [-0.15, -0.1) is 0 Å². The lowest BCUT2D eigenvalue weighted by Crippen LogP contribution is -2.15. The molecule has 0 aliphatic carbocycles. The molecule has 1 amide bonds. The minimum atomic E-state index is -0.119. The number of nitrogens with zero attached hydrogens (tertiary/aromatic N) is 1. The van der Waals surface area contributed by atoms with Gasteiger partial charge in [-0.2, -0.15) is 0 Å². The molecule has 1 N–H and O–H groups in total. The van der Waals surface area contributed by atoms with Gasteiger partial charge >= 0.3 is 0 Å². The number of carbonyl (C=O) groups excluding carboxylic acids is 1. The van der Waals surface area contributed by atoms with Crippen LogP contribution in [0.3, 0.4) is 0 Å². The van der Waals surface area contributed by atoms with Crippen LogP contribution < -0.4 is 10.1 Å². The molecule has 0 aliphatic rings. The van der Waals surface area contributed by atoms with E-state index in [1.165, 1.54) is 0 Å². The van der Waals surface area contributed by atoms with Crippen molar-refractivity contribution in [2.45, 2.75) is 27.2 Å². The molecule has 106 valence electrons. The molecule has 20 heavy (non-hydrogen) atoms. The Morgan fingerprint density at radius 1 is 1.30 bits per heavy atom. The number of benzene rings is 1. The number of rotatable bonds is 4. The van der Waals surface area contributed by atoms with E-state index in [4.69, 9.17) is 9.26 Å². The van der Waals surface area contributed by atoms with Gasteiger partial charge in [0.15, 0.2) is 5.82 Å². The topological polar surface area (TPSA) is 64.4 Å². The molecule has 0 atom stereocenters. The highest BCUT2D eigenvalue weighted by molar-refractivity contribution is 5.91. The van der Waals surface area contributed by atoms with E-state index in [0.717, 1.165) is 22.4 Å². The van der Waals surface area contributed by atoms with Crippen LogP contribution in [0.4, 0.5) is 5.82 Å². The van der Waals surface area contributed by atoms with Crippen molar-refractivity contribution < 1.29 is 14.1 Å². The monoisotopic (exact) mass is 274 g/mol. The molecular weight excluding hydrogens is 256 g/mol. The zero-order valence-corrected chi connectivity index (χ0v) is 12.1. The third-order valence-corrected chi connectivity index (χ3v) is 3.32. The first-order valence-corrected chi connectivity index (χ1v) is 6.37. The van der Waals surface area contributed by atoms with E-state index in [0.29, 0.717) is 18.0 Å². The van der Waals surface area contributed by atoms with E-state index < -0.39 is 0 Å². The summed E-state index contributed by atoms with van der Waals surface area (Å²) in [6.45, 7) is 5.75. The van der Waals surface area contributed by atoms with E-state index in [1.807, 2.05) is 26.0 Å². The molecular formula is C15H18N2O3. The maximum absolute atomic E-state index is 12.0. The van der Waals surface area contributed by atoms with Gasteiger partial charge in [0.1, 0.15) is 11.5 Å². The Morgan fingerprint density at radius 2 is 2.05 bits per heavy atom. The Kier molecular flexibility index (Phi) is 4.08. The Labute approximate surface area is 117 Å². The van der Waals surface area contributed by atoms with Gasteiger partial charge in [0.05, 0.1) is 13.5 Å². The van der Waals surface area contributed by atoms with Crippen LogP contribution in [0.1, 0.15) is 22.5 Å². The zero-order valence-electron chi connectivity index (χ0n) is 12.1. The second kappa shape index (κ2) is 5.77. The highest BCUT2D eigenvalue weighted by Crippen LogP contribution is 2.24. The lowest BCUT2D eigenvalue weighted by molar-refractivity contribution is -0.115. The number of ether oxygens (including phenoxy) is 1. The Bertz CT molecular complexity index is 632. The smallest absolute Gasteiger partial charge is 0.230 e. The maximum atomic E-state index is 12.0. The largest absolute Gasteiger partial charge is 0.496 e. The van der Waals surface area contributed by atoms with E-state index in [-0.39, 0.29) is 5.91 Å². The van der Waals surface area contributed by atoms with Gasteiger partial charge in [-0.3, -0.25) is 4.79 Å². The normalized spacial score (nSPS) is 10.4. The summed E-state index contributed by atoms with van der Waals surface area (Å²) in [6, 6.07) is 5.48. The van der Waals surface area contributed by atoms with E-state index >= 15 is 0 Å². The molecule has 0 spiro atoms. The fourth-order valence-corrected chi connectivity index (χ4v) is 2.05. The summed E-state index contributed by atoms with van der Waals surface area (Å²) in [6.07, 6.45) is 0.294. The summed E-state index contributed by atoms with van der Waals surface area (Å²) >= 11 is 0. The van der Waals surface area contributed by atoms with Crippen molar-refractivity contribution in [2.75, 3.05) is 12.4 Å². The van der Waals surface area contributed by atoms with Crippen molar-refractivity contribution in [3.8, 4) is 5.75 Å². The molecule has 2 rings (SSSR count). The van der Waals surface area contributed by atoms with Crippen molar-refractivity contribution in [1.29, 1.82) is 0 Å². The lowest BCUT2D eigenvalue weighted by atomic mass is 10.00. The zero-order chi connectivity index (χ0) is 14.7. The summed E-state index contributed by atoms with van der Waals surface area (Å²) in [7, 11) is 1.64. The van der Waals surface area contributed by atoms with Crippen molar-refractivity contribution in [3.63, 3.8) is 0 Å². The summed E-state index contributed by atoms with van der Waals surface area (Å²) < 4.78 is 10.2. The van der Waals surface area contributed by atoms with Crippen molar-refractivity contribution in [3.05, 3.63) is 40.6 Å². The van der Waals surface area contributed by atoms with Crippen LogP contribution in [0.2, 0.25) is 0 Å². The van der Waals surface area contributed by atoms with Crippen LogP contribution in [0.5, 0.6) is 5.75 Å². The van der Waals surface area contributed by atoms with Crippen molar-refractivity contribution in [1.82, 2.24) is 5.16 Å². The number of hydrogen-bond acceptors (Lipinski definition) is 4. The first-order chi connectivity index (χ1) is 9.51. The number of methoxy groups -OCH3 is 1. The number of aromatic nitrogens is 1. The van der Waals surface area contributed by atoms with Gasteiger partial charge in [-0.1, -0.05) is 11.2 Å². The second-order valence-corrected chi connectivity index (χ2v) is 4.72. The molecule has 0 saturated heterocycles. The molecule has 2 aromatic rings. The molecule has 0 radical (unpaired) electrons. The van der Waals surface area contributed by atoms with Gasteiger partial charge in [-0.25, -0.2) is 0 Å². The number of anilines is 1. The van der Waals surface area contributed by atoms with Gasteiger partial charge < -0.3 is 14.6 Å². The van der Waals surface area contributed by atoms with Crippen molar-refractivity contribution in [2.24, 2.45) is 0 Å². The predicted molar refractivity (Wildman–Crippen MR) is 76.0 cm³/mol. The fourth-order valence-electron chi connectivity index (χ4n) is 2.05. The molecule has 5 nitrogen and oxygen atoms in total. The number of amides is 1. The molecule has 1 aromatic heterocycles. The lowest BCUT2D eigenvalue weighted by Gasteiger charge is -2.12. The first kappa shape index (κ1) is 14.1. The van der Waals surface area contributed by atoms with Crippen LogP contribution >= 0.6 is 0 Å². The standard InChI is InChI=1S/C15H18N2O3/c1-9-7-14(17-20-9)16-15(18)8-12-5-6-13(19-4)11(3)10(12)2/h5-7H,8H2,1-4H3,(H,16,17,18). The molecule has 0 bridgehead atoms. The highest BCUT2D eigenvalue weighted by atomic mass is 16.5. The van der Waals surface area contributed by atoms with Gasteiger partial charge in [0.2, 0.25) is 5.91 Å². The molecule has 1 aromatic carbocycles. The first-order valence-electron chi connectivity index (χ1n) is 6.37. The molecule has 0 fully saturated rings. The van der Waals surface area contributed by atoms with Gasteiger partial charge in [-0.05, 0) is 43.5 Å². The van der Waals surface area contributed by atoms with Crippen LogP contribution in [-0.4, -0.2) is 18.2 Å².